The maximum Gasteiger partial charge on any atom is 0.179 e. The summed E-state index contributed by atoms with van der Waals surface area (Å²) in [6.07, 6.45) is 0.645. The van der Waals surface area contributed by atoms with Crippen molar-refractivity contribution >= 4 is 16.6 Å². The van der Waals surface area contributed by atoms with Gasteiger partial charge in [-0.1, -0.05) is 36.4 Å². The Hall–Kier alpha value is -3.31. The number of nitrogens with zero attached hydrogens (tertiary/aromatic N) is 1. The molecular formula is C28H30FN3O3. The Bertz CT molecular complexity index is 1230. The number of nitrogens with one attached hydrogen (secondary N) is 2. The highest BCUT2D eigenvalue weighted by Crippen LogP contribution is 2.41. The second-order valence-electron chi connectivity index (χ2n) is 8.93. The van der Waals surface area contributed by atoms with Gasteiger partial charge in [0, 0.05) is 11.0 Å². The molecule has 0 aliphatic carbocycles. The number of benzene rings is 3. The van der Waals surface area contributed by atoms with E-state index in [9.17, 15) is 14.4 Å². The van der Waals surface area contributed by atoms with Crippen LogP contribution in [0.3, 0.4) is 0 Å². The molecule has 182 valence electrons. The lowest BCUT2D eigenvalue weighted by molar-refractivity contribution is -0.131. The van der Waals surface area contributed by atoms with Crippen LogP contribution < -0.4 is 15.4 Å². The van der Waals surface area contributed by atoms with Crippen molar-refractivity contribution in [3.63, 3.8) is 0 Å². The second-order valence-corrected chi connectivity index (χ2v) is 8.93. The molecule has 0 aromatic heterocycles. The summed E-state index contributed by atoms with van der Waals surface area (Å²) in [4.78, 5) is 13.4. The van der Waals surface area contributed by atoms with E-state index in [4.69, 9.17) is 9.47 Å². The van der Waals surface area contributed by atoms with Crippen molar-refractivity contribution in [2.24, 2.45) is 0 Å². The predicted octanol–water partition coefficient (Wildman–Crippen LogP) is 4.03. The first-order chi connectivity index (χ1) is 17.0. The van der Waals surface area contributed by atoms with Crippen LogP contribution >= 0.6 is 0 Å². The molecule has 3 aromatic carbocycles. The van der Waals surface area contributed by atoms with Crippen molar-refractivity contribution in [3.05, 3.63) is 77.1 Å². The molecule has 2 N–H and O–H groups in total. The molecule has 0 spiro atoms. The van der Waals surface area contributed by atoms with Crippen LogP contribution in [0.4, 0.5) is 4.39 Å². The minimum atomic E-state index is -0.942. The number of fused-ring (bicyclic) bond motifs is 1. The summed E-state index contributed by atoms with van der Waals surface area (Å²) >= 11 is 0. The number of carbonyl (C=O) groups excluding carboxylic acids is 1. The average Bonchev–Trinajstić information content (AvgIpc) is 2.89. The van der Waals surface area contributed by atoms with Gasteiger partial charge in [0.25, 0.3) is 0 Å². The summed E-state index contributed by atoms with van der Waals surface area (Å²) in [6.45, 7) is 1.97. The van der Waals surface area contributed by atoms with Crippen molar-refractivity contribution in [1.29, 1.82) is 5.26 Å². The highest BCUT2D eigenvalue weighted by Gasteiger charge is 2.37. The highest BCUT2D eigenvalue weighted by atomic mass is 19.1. The smallest absolute Gasteiger partial charge is 0.179 e. The van der Waals surface area contributed by atoms with E-state index < -0.39 is 6.10 Å². The molecule has 1 aliphatic heterocycles. The van der Waals surface area contributed by atoms with Gasteiger partial charge in [-0.25, -0.2) is 4.39 Å². The molecule has 0 saturated carbocycles. The quantitative estimate of drug-likeness (QED) is 0.486. The van der Waals surface area contributed by atoms with Gasteiger partial charge in [0.05, 0.1) is 25.8 Å². The molecule has 35 heavy (non-hydrogen) atoms. The zero-order valence-electron chi connectivity index (χ0n) is 20.1. The largest absolute Gasteiger partial charge is 0.495 e. The number of ether oxygens (including phenoxy) is 2. The molecule has 1 unspecified atom stereocenters. The Morgan fingerprint density at radius 2 is 1.91 bits per heavy atom. The minimum Gasteiger partial charge on any atom is -0.495 e. The Labute approximate surface area is 205 Å². The van der Waals surface area contributed by atoms with Gasteiger partial charge in [-0.2, -0.15) is 5.26 Å². The van der Waals surface area contributed by atoms with Crippen molar-refractivity contribution in [1.82, 2.24) is 10.6 Å². The molecule has 4 rings (SSSR count). The Morgan fingerprint density at radius 3 is 2.57 bits per heavy atom. The van der Waals surface area contributed by atoms with Crippen LogP contribution in [-0.2, 0) is 14.9 Å². The summed E-state index contributed by atoms with van der Waals surface area (Å²) < 4.78 is 25.9. The first-order valence-electron chi connectivity index (χ1n) is 11.8. The zero-order chi connectivity index (χ0) is 24.8. The Kier molecular flexibility index (Phi) is 7.76. The molecule has 0 bridgehead atoms. The molecule has 1 heterocycles. The van der Waals surface area contributed by atoms with Crippen LogP contribution in [0.1, 0.15) is 35.6 Å². The predicted molar refractivity (Wildman–Crippen MR) is 133 cm³/mol. The molecule has 0 amide bonds. The summed E-state index contributed by atoms with van der Waals surface area (Å²) in [6, 6.07) is 18.1. The summed E-state index contributed by atoms with van der Waals surface area (Å²) in [5.41, 5.74) is 1.53. The third-order valence-electron chi connectivity index (χ3n) is 6.81. The second kappa shape index (κ2) is 11.0. The number of nitriles is 1. The third kappa shape index (κ3) is 5.06. The van der Waals surface area contributed by atoms with E-state index in [1.807, 2.05) is 24.3 Å². The lowest BCUT2D eigenvalue weighted by atomic mass is 9.74. The molecule has 1 saturated heterocycles. The van der Waals surface area contributed by atoms with E-state index in [1.54, 1.807) is 25.2 Å². The van der Waals surface area contributed by atoms with E-state index in [0.717, 1.165) is 42.3 Å². The van der Waals surface area contributed by atoms with Gasteiger partial charge < -0.3 is 20.1 Å². The Morgan fingerprint density at radius 1 is 1.20 bits per heavy atom. The fraction of sp³-hybridized carbons (Fsp3) is 0.357. The third-order valence-corrected chi connectivity index (χ3v) is 6.81. The number of hydrogen-bond donors (Lipinski definition) is 2. The molecule has 0 radical (unpaired) electrons. The summed E-state index contributed by atoms with van der Waals surface area (Å²) in [7, 11) is 3.21. The molecular weight excluding hydrogens is 445 g/mol. The standard InChI is InChI=1S/C28H30FN3O3/c1-31-17-24(33)27(25-23-6-4-3-5-19(23)15-20(16-30)26(25)34-2)35-18-28(11-13-32-14-12-28)21-7-9-22(29)10-8-21/h3-10,15,27,31-32H,11-14,17-18H2,1-2H3. The van der Waals surface area contributed by atoms with Crippen LogP contribution in [0.2, 0.25) is 0 Å². The SMILES string of the molecule is CNCC(=O)C(OCC1(c2ccc(F)cc2)CCNCC1)c1c(OC)c(C#N)cc2ccccc12. The van der Waals surface area contributed by atoms with E-state index in [2.05, 4.69) is 16.7 Å². The van der Waals surface area contributed by atoms with Crippen LogP contribution in [0, 0.1) is 17.1 Å². The van der Waals surface area contributed by atoms with Gasteiger partial charge in [-0.3, -0.25) is 4.79 Å². The summed E-state index contributed by atoms with van der Waals surface area (Å²) in [5, 5.41) is 17.7. The number of ketones is 1. The lowest BCUT2D eigenvalue weighted by Crippen LogP contribution is -2.44. The number of rotatable bonds is 9. The number of Topliss-reactive ketones (excluding diaryl/α,β-unsaturated/α-hetero) is 1. The number of likely N-dealkylation sites (N-methyl/N-ethyl adjacent to an activating group) is 1. The van der Waals surface area contributed by atoms with Crippen molar-refractivity contribution in [2.75, 3.05) is 40.4 Å². The molecule has 7 heteroatoms. The van der Waals surface area contributed by atoms with Gasteiger partial charge in [-0.05, 0) is 67.5 Å². The first-order valence-corrected chi connectivity index (χ1v) is 11.8. The van der Waals surface area contributed by atoms with Crippen LogP contribution in [0.5, 0.6) is 5.75 Å². The lowest BCUT2D eigenvalue weighted by Gasteiger charge is -2.39. The van der Waals surface area contributed by atoms with Crippen LogP contribution in [-0.4, -0.2) is 46.2 Å². The number of piperidine rings is 1. The number of hydrogen-bond acceptors (Lipinski definition) is 6. The zero-order valence-corrected chi connectivity index (χ0v) is 20.1. The van der Waals surface area contributed by atoms with E-state index in [1.165, 1.54) is 19.2 Å². The maximum absolute atomic E-state index is 13.7. The van der Waals surface area contributed by atoms with Crippen molar-refractivity contribution in [2.45, 2.75) is 24.4 Å². The van der Waals surface area contributed by atoms with E-state index in [0.29, 0.717) is 16.9 Å². The number of carbonyl (C=O) groups is 1. The summed E-state index contributed by atoms with van der Waals surface area (Å²) in [5.74, 6) is -0.0959. The van der Waals surface area contributed by atoms with Gasteiger partial charge in [-0.15, -0.1) is 0 Å². The topological polar surface area (TPSA) is 83.4 Å². The van der Waals surface area contributed by atoms with Crippen LogP contribution in [0.15, 0.2) is 54.6 Å². The van der Waals surface area contributed by atoms with Gasteiger partial charge in [0.15, 0.2) is 5.78 Å². The van der Waals surface area contributed by atoms with Gasteiger partial charge in [0.2, 0.25) is 0 Å². The molecule has 1 aliphatic rings. The van der Waals surface area contributed by atoms with Gasteiger partial charge >= 0.3 is 0 Å². The maximum atomic E-state index is 13.7. The van der Waals surface area contributed by atoms with E-state index in [-0.39, 0.29) is 30.2 Å². The Balaban J connectivity index is 1.80. The highest BCUT2D eigenvalue weighted by molar-refractivity contribution is 5.96. The minimum absolute atomic E-state index is 0.101. The van der Waals surface area contributed by atoms with Crippen molar-refractivity contribution in [3.8, 4) is 11.8 Å². The van der Waals surface area contributed by atoms with Crippen LogP contribution in [0.25, 0.3) is 10.8 Å². The average molecular weight is 476 g/mol. The fourth-order valence-electron chi connectivity index (χ4n) is 4.99. The van der Waals surface area contributed by atoms with Gasteiger partial charge in [0.1, 0.15) is 23.7 Å². The number of halogens is 1. The first kappa shape index (κ1) is 24.8. The molecule has 6 nitrogen and oxygen atoms in total. The van der Waals surface area contributed by atoms with E-state index >= 15 is 0 Å². The number of methoxy groups -OCH3 is 1. The molecule has 1 fully saturated rings. The molecule has 1 atom stereocenters. The van der Waals surface area contributed by atoms with Crippen molar-refractivity contribution < 1.29 is 18.7 Å². The monoisotopic (exact) mass is 475 g/mol. The fourth-order valence-corrected chi connectivity index (χ4v) is 4.99. The normalized spacial score (nSPS) is 15.9. The molecule has 3 aromatic rings.